The second-order valence-corrected chi connectivity index (χ2v) is 10.8. The lowest BCUT2D eigenvalue weighted by Gasteiger charge is -2.24. The Morgan fingerprint density at radius 3 is 1.74 bits per heavy atom. The Kier molecular flexibility index (Phi) is 7.38. The Balaban J connectivity index is 1.06. The quantitative estimate of drug-likeness (QED) is 0.177. The van der Waals surface area contributed by atoms with Gasteiger partial charge in [-0.25, -0.2) is 0 Å². The minimum absolute atomic E-state index is 0.150. The van der Waals surface area contributed by atoms with Gasteiger partial charge >= 0.3 is 0 Å². The number of hydrazone groups is 1. The molecule has 208 valence electrons. The summed E-state index contributed by atoms with van der Waals surface area (Å²) >= 11 is 5.99. The summed E-state index contributed by atoms with van der Waals surface area (Å²) in [5, 5.41) is 16.3. The van der Waals surface area contributed by atoms with Crippen molar-refractivity contribution in [1.29, 1.82) is 0 Å². The van der Waals surface area contributed by atoms with E-state index in [1.165, 1.54) is 5.56 Å². The average molecular weight is 579 g/mol. The molecule has 43 heavy (non-hydrogen) atoms. The van der Waals surface area contributed by atoms with Gasteiger partial charge in [-0.15, -0.1) is 10.2 Å². The Bertz CT molecular complexity index is 1880. The van der Waals surface area contributed by atoms with Crippen LogP contribution in [0.15, 0.2) is 143 Å². The van der Waals surface area contributed by atoms with Crippen molar-refractivity contribution in [3.8, 4) is 22.9 Å². The first-order chi connectivity index (χ1) is 21.2. The fraction of sp³-hybridized carbons (Fsp3) is 0.0541. The predicted molar refractivity (Wildman–Crippen MR) is 175 cm³/mol. The molecule has 1 aliphatic heterocycles. The van der Waals surface area contributed by atoms with Crippen LogP contribution < -0.4 is 5.01 Å². The van der Waals surface area contributed by atoms with Gasteiger partial charge in [0, 0.05) is 22.6 Å². The molecule has 6 aromatic rings. The first kappa shape index (κ1) is 26.6. The highest BCUT2D eigenvalue weighted by molar-refractivity contribution is 6.30. The number of rotatable bonds is 7. The number of hydrogen-bond donors (Lipinski definition) is 0. The Morgan fingerprint density at radius 2 is 1.14 bits per heavy atom. The molecule has 0 saturated heterocycles. The average Bonchev–Trinajstić information content (AvgIpc) is 3.75. The molecule has 1 aliphatic rings. The smallest absolute Gasteiger partial charge is 0.248 e. The van der Waals surface area contributed by atoms with Crippen molar-refractivity contribution in [3.63, 3.8) is 0 Å². The van der Waals surface area contributed by atoms with Gasteiger partial charge in [0.2, 0.25) is 11.8 Å². The summed E-state index contributed by atoms with van der Waals surface area (Å²) < 4.78 is 5.89. The first-order valence-electron chi connectivity index (χ1n) is 14.1. The molecular formula is C37H27ClN4O. The standard InChI is InChI=1S/C37H27ClN4O/c38-32-21-19-31(20-22-32)37-40-39-36(43-37)30-17-13-26(14-18-30)11-12-27-15-23-33(24-16-27)42-35(29-9-5-2-6-10-29)25-34(41-42)28-7-3-1-4-8-28/h1-24,35H,25H2/b12-11+/t35-/m1/s1. The molecule has 0 saturated carbocycles. The lowest BCUT2D eigenvalue weighted by molar-refractivity contribution is 0.584. The van der Waals surface area contributed by atoms with Crippen molar-refractivity contribution in [2.75, 3.05) is 5.01 Å². The van der Waals surface area contributed by atoms with Gasteiger partial charge in [-0.2, -0.15) is 5.10 Å². The van der Waals surface area contributed by atoms with Crippen molar-refractivity contribution in [2.24, 2.45) is 5.10 Å². The van der Waals surface area contributed by atoms with E-state index in [2.05, 4.69) is 106 Å². The molecule has 7 rings (SSSR count). The fourth-order valence-corrected chi connectivity index (χ4v) is 5.33. The Hall–Kier alpha value is -5.26. The zero-order valence-corrected chi connectivity index (χ0v) is 24.0. The minimum atomic E-state index is 0.150. The van der Waals surface area contributed by atoms with Crippen LogP contribution in [0.1, 0.15) is 34.7 Å². The van der Waals surface area contributed by atoms with E-state index in [4.69, 9.17) is 21.1 Å². The molecule has 2 heterocycles. The summed E-state index contributed by atoms with van der Waals surface area (Å²) in [4.78, 5) is 0. The van der Waals surface area contributed by atoms with Crippen molar-refractivity contribution in [1.82, 2.24) is 10.2 Å². The molecule has 0 amide bonds. The lowest BCUT2D eigenvalue weighted by Crippen LogP contribution is -2.18. The number of halogens is 1. The maximum Gasteiger partial charge on any atom is 0.248 e. The van der Waals surface area contributed by atoms with Crippen LogP contribution in [-0.4, -0.2) is 15.9 Å². The van der Waals surface area contributed by atoms with Crippen molar-refractivity contribution in [3.05, 3.63) is 161 Å². The van der Waals surface area contributed by atoms with E-state index in [1.807, 2.05) is 42.5 Å². The molecule has 0 spiro atoms. The molecule has 0 aliphatic carbocycles. The third-order valence-electron chi connectivity index (χ3n) is 7.50. The van der Waals surface area contributed by atoms with E-state index >= 15 is 0 Å². The molecule has 6 heteroatoms. The summed E-state index contributed by atoms with van der Waals surface area (Å²) in [7, 11) is 0. The minimum Gasteiger partial charge on any atom is -0.416 e. The summed E-state index contributed by atoms with van der Waals surface area (Å²) in [6.07, 6.45) is 5.07. The van der Waals surface area contributed by atoms with Gasteiger partial charge in [-0.05, 0) is 70.8 Å². The molecule has 1 atom stereocenters. The van der Waals surface area contributed by atoms with E-state index in [0.29, 0.717) is 16.8 Å². The number of aromatic nitrogens is 2. The van der Waals surface area contributed by atoms with Crippen LogP contribution >= 0.6 is 11.6 Å². The molecule has 5 nitrogen and oxygen atoms in total. The topological polar surface area (TPSA) is 54.5 Å². The molecule has 0 bridgehead atoms. The number of nitrogens with zero attached hydrogens (tertiary/aromatic N) is 4. The highest BCUT2D eigenvalue weighted by atomic mass is 35.5. The molecule has 5 aromatic carbocycles. The van der Waals surface area contributed by atoms with Crippen LogP contribution in [0.5, 0.6) is 0 Å². The Labute approximate surface area is 255 Å². The largest absolute Gasteiger partial charge is 0.416 e. The van der Waals surface area contributed by atoms with Crippen molar-refractivity contribution in [2.45, 2.75) is 12.5 Å². The van der Waals surface area contributed by atoms with Crippen molar-refractivity contribution >= 4 is 35.2 Å². The summed E-state index contributed by atoms with van der Waals surface area (Å²) in [5.41, 5.74) is 8.47. The molecule has 0 unspecified atom stereocenters. The van der Waals surface area contributed by atoms with Crippen LogP contribution in [0.3, 0.4) is 0 Å². The van der Waals surface area contributed by atoms with Gasteiger partial charge in [-0.1, -0.05) is 109 Å². The third-order valence-corrected chi connectivity index (χ3v) is 7.75. The van der Waals surface area contributed by atoms with Gasteiger partial charge in [0.1, 0.15) is 0 Å². The monoisotopic (exact) mass is 578 g/mol. The zero-order chi connectivity index (χ0) is 29.0. The van der Waals surface area contributed by atoms with E-state index < -0.39 is 0 Å². The number of hydrogen-bond acceptors (Lipinski definition) is 5. The van der Waals surface area contributed by atoms with Crippen LogP contribution in [0.4, 0.5) is 5.69 Å². The third kappa shape index (κ3) is 5.89. The van der Waals surface area contributed by atoms with Crippen LogP contribution in [0.2, 0.25) is 5.02 Å². The van der Waals surface area contributed by atoms with E-state index in [1.54, 1.807) is 12.1 Å². The van der Waals surface area contributed by atoms with Gasteiger partial charge in [0.05, 0.1) is 17.4 Å². The summed E-state index contributed by atoms with van der Waals surface area (Å²) in [6.45, 7) is 0. The number of benzene rings is 5. The van der Waals surface area contributed by atoms with Crippen LogP contribution in [-0.2, 0) is 0 Å². The van der Waals surface area contributed by atoms with Crippen LogP contribution in [0.25, 0.3) is 35.1 Å². The van der Waals surface area contributed by atoms with E-state index in [-0.39, 0.29) is 6.04 Å². The Morgan fingerprint density at radius 1 is 0.605 bits per heavy atom. The molecule has 0 N–H and O–H groups in total. The second-order valence-electron chi connectivity index (χ2n) is 10.4. The summed E-state index contributed by atoms with van der Waals surface area (Å²) in [6, 6.07) is 45.1. The van der Waals surface area contributed by atoms with E-state index in [0.717, 1.165) is 45.6 Å². The van der Waals surface area contributed by atoms with Crippen molar-refractivity contribution < 1.29 is 4.42 Å². The fourth-order valence-electron chi connectivity index (χ4n) is 5.20. The predicted octanol–water partition coefficient (Wildman–Crippen LogP) is 9.58. The highest BCUT2D eigenvalue weighted by Crippen LogP contribution is 2.37. The zero-order valence-electron chi connectivity index (χ0n) is 23.2. The van der Waals surface area contributed by atoms with Gasteiger partial charge < -0.3 is 4.42 Å². The molecular weight excluding hydrogens is 552 g/mol. The first-order valence-corrected chi connectivity index (χ1v) is 14.5. The normalized spacial score (nSPS) is 14.8. The number of anilines is 1. The molecule has 1 aromatic heterocycles. The van der Waals surface area contributed by atoms with Gasteiger partial charge in [-0.3, -0.25) is 5.01 Å². The SMILES string of the molecule is Clc1ccc(-c2nnc(-c3ccc(/C=C/c4ccc(N5N=C(c6ccccc6)C[C@@H]5c5ccccc5)cc4)cc3)o2)cc1. The van der Waals surface area contributed by atoms with Crippen LogP contribution in [0, 0.1) is 0 Å². The molecule has 0 radical (unpaired) electrons. The maximum absolute atomic E-state index is 5.99. The second kappa shape index (κ2) is 11.9. The lowest BCUT2D eigenvalue weighted by atomic mass is 9.98. The highest BCUT2D eigenvalue weighted by Gasteiger charge is 2.29. The summed E-state index contributed by atoms with van der Waals surface area (Å²) in [5.74, 6) is 0.940. The van der Waals surface area contributed by atoms with Gasteiger partial charge in [0.25, 0.3) is 0 Å². The van der Waals surface area contributed by atoms with Gasteiger partial charge in [0.15, 0.2) is 0 Å². The molecule has 0 fully saturated rings. The maximum atomic E-state index is 5.99. The van der Waals surface area contributed by atoms with E-state index in [9.17, 15) is 0 Å².